The lowest BCUT2D eigenvalue weighted by Crippen LogP contribution is -2.27. The van der Waals surface area contributed by atoms with Gasteiger partial charge in [0, 0.05) is 36.2 Å². The van der Waals surface area contributed by atoms with Crippen molar-refractivity contribution >= 4 is 34.7 Å². The van der Waals surface area contributed by atoms with E-state index in [2.05, 4.69) is 10.6 Å². The summed E-state index contributed by atoms with van der Waals surface area (Å²) in [4.78, 5) is 36.8. The first-order chi connectivity index (χ1) is 14.3. The third-order valence-electron chi connectivity index (χ3n) is 4.35. The molecule has 156 valence electrons. The molecular formula is C21H21N3O5S. The summed E-state index contributed by atoms with van der Waals surface area (Å²) >= 11 is 1.17. The summed E-state index contributed by atoms with van der Waals surface area (Å²) in [7, 11) is 1.52. The molecule has 0 unspecified atom stereocenters. The van der Waals surface area contributed by atoms with Crippen molar-refractivity contribution < 1.29 is 19.4 Å². The number of urea groups is 1. The first-order valence-corrected chi connectivity index (χ1v) is 10.0. The Morgan fingerprint density at radius 3 is 2.50 bits per heavy atom. The summed E-state index contributed by atoms with van der Waals surface area (Å²) < 4.78 is 6.62. The van der Waals surface area contributed by atoms with Crippen molar-refractivity contribution in [2.75, 3.05) is 10.6 Å². The molecule has 2 amide bonds. The molecule has 0 bridgehead atoms. The molecule has 0 aliphatic rings. The van der Waals surface area contributed by atoms with Crippen LogP contribution < -0.4 is 20.9 Å². The van der Waals surface area contributed by atoms with Crippen LogP contribution in [-0.4, -0.2) is 21.7 Å². The maximum atomic E-state index is 12.7. The second-order valence-electron chi connectivity index (χ2n) is 6.54. The van der Waals surface area contributed by atoms with Crippen LogP contribution in [0.3, 0.4) is 0 Å². The fraction of sp³-hybridized carbons (Fsp3) is 0.190. The Labute approximate surface area is 176 Å². The maximum absolute atomic E-state index is 12.7. The van der Waals surface area contributed by atoms with Crippen molar-refractivity contribution in [3.05, 3.63) is 57.8 Å². The molecule has 2 heterocycles. The summed E-state index contributed by atoms with van der Waals surface area (Å²) in [6.07, 6.45) is 1.65. The number of nitrogens with one attached hydrogen (secondary N) is 2. The average molecular weight is 427 g/mol. The molecule has 8 nitrogen and oxygen atoms in total. The Kier molecular flexibility index (Phi) is 6.22. The van der Waals surface area contributed by atoms with E-state index in [1.165, 1.54) is 29.1 Å². The van der Waals surface area contributed by atoms with Crippen LogP contribution in [0.15, 0.2) is 46.7 Å². The molecule has 1 aromatic carbocycles. The molecule has 3 rings (SSSR count). The first-order valence-electron chi connectivity index (χ1n) is 9.16. The third kappa shape index (κ3) is 4.36. The maximum Gasteiger partial charge on any atom is 0.324 e. The number of rotatable bonds is 5. The second-order valence-corrected chi connectivity index (χ2v) is 7.38. The minimum absolute atomic E-state index is 0.178. The van der Waals surface area contributed by atoms with Gasteiger partial charge in [-0.3, -0.25) is 14.9 Å². The van der Waals surface area contributed by atoms with Crippen molar-refractivity contribution in [2.45, 2.75) is 20.3 Å². The summed E-state index contributed by atoms with van der Waals surface area (Å²) in [5.41, 5.74) is 1.42. The highest BCUT2D eigenvalue weighted by atomic mass is 32.1. The number of aromatic nitrogens is 1. The number of aryl methyl sites for hydroxylation is 2. The molecular weight excluding hydrogens is 406 g/mol. The number of nitrogens with zero attached hydrogens (tertiary/aromatic N) is 1. The fourth-order valence-corrected chi connectivity index (χ4v) is 3.69. The number of ether oxygens (including phenoxy) is 1. The van der Waals surface area contributed by atoms with Gasteiger partial charge in [0.15, 0.2) is 5.69 Å². The summed E-state index contributed by atoms with van der Waals surface area (Å²) in [5, 5.41) is 17.3. The molecule has 0 radical (unpaired) electrons. The molecule has 0 saturated carbocycles. The Morgan fingerprint density at radius 1 is 1.17 bits per heavy atom. The number of hydrogen-bond donors (Lipinski definition) is 3. The molecule has 0 saturated heterocycles. The Morgan fingerprint density at radius 2 is 1.83 bits per heavy atom. The zero-order chi connectivity index (χ0) is 21.8. The number of thiophene rings is 1. The number of aromatic hydroxyl groups is 1. The molecule has 30 heavy (non-hydrogen) atoms. The minimum atomic E-state index is -0.752. The van der Waals surface area contributed by atoms with Crippen LogP contribution in [0, 0.1) is 6.92 Å². The van der Waals surface area contributed by atoms with Crippen LogP contribution in [0.4, 0.5) is 16.2 Å². The van der Waals surface area contributed by atoms with Gasteiger partial charge in [-0.05, 0) is 12.5 Å². The lowest BCUT2D eigenvalue weighted by Gasteiger charge is -2.13. The molecule has 2 aromatic heterocycles. The van der Waals surface area contributed by atoms with E-state index in [1.807, 2.05) is 30.3 Å². The first kappa shape index (κ1) is 21.1. The highest BCUT2D eigenvalue weighted by molar-refractivity contribution is 7.13. The topological polar surface area (TPSA) is 110 Å². The van der Waals surface area contributed by atoms with Gasteiger partial charge in [-0.25, -0.2) is 4.79 Å². The summed E-state index contributed by atoms with van der Waals surface area (Å²) in [6.45, 7) is 3.29. The Balaban J connectivity index is 1.95. The van der Waals surface area contributed by atoms with Crippen LogP contribution in [-0.2, 0) is 11.8 Å². The van der Waals surface area contributed by atoms with Crippen LogP contribution >= 0.6 is 11.3 Å². The quantitative estimate of drug-likeness (QED) is 0.532. The van der Waals surface area contributed by atoms with Crippen molar-refractivity contribution in [1.82, 2.24) is 4.57 Å². The van der Waals surface area contributed by atoms with E-state index < -0.39 is 17.6 Å². The van der Waals surface area contributed by atoms with Gasteiger partial charge in [0.25, 0.3) is 5.56 Å². The van der Waals surface area contributed by atoms with Crippen molar-refractivity contribution in [3.63, 3.8) is 0 Å². The van der Waals surface area contributed by atoms with Crippen molar-refractivity contribution in [3.8, 4) is 21.9 Å². The van der Waals surface area contributed by atoms with Crippen LogP contribution in [0.2, 0.25) is 0 Å². The molecule has 0 atom stereocenters. The molecule has 3 N–H and O–H groups in total. The number of benzene rings is 1. The molecule has 0 fully saturated rings. The lowest BCUT2D eigenvalue weighted by molar-refractivity contribution is -0.133. The highest BCUT2D eigenvalue weighted by Gasteiger charge is 2.21. The molecule has 9 heteroatoms. The fourth-order valence-electron chi connectivity index (χ4n) is 2.80. The Bertz CT molecular complexity index is 1150. The monoisotopic (exact) mass is 427 g/mol. The molecule has 3 aromatic rings. The van der Waals surface area contributed by atoms with E-state index >= 15 is 0 Å². The summed E-state index contributed by atoms with van der Waals surface area (Å²) in [5.74, 6) is -0.746. The largest absolute Gasteiger partial charge is 0.505 e. The number of anilines is 2. The SMILES string of the molecule is CCC(=O)Oc1scc(-c2ccccc2)c1NC(=O)Nc1c(O)c(C)cn(C)c1=O. The minimum Gasteiger partial charge on any atom is -0.505 e. The number of hydrogen-bond acceptors (Lipinski definition) is 6. The smallest absolute Gasteiger partial charge is 0.324 e. The van der Waals surface area contributed by atoms with Gasteiger partial charge in [0.1, 0.15) is 11.4 Å². The van der Waals surface area contributed by atoms with Gasteiger partial charge >= 0.3 is 12.0 Å². The Hall–Kier alpha value is -3.59. The molecule has 0 aliphatic carbocycles. The highest BCUT2D eigenvalue weighted by Crippen LogP contribution is 2.42. The standard InChI is InChI=1S/C21H21N3O5S/c1-4-15(25)29-20-16(14(11-30-20)13-8-6-5-7-9-13)22-21(28)23-17-18(26)12(2)10-24(3)19(17)27/h5-11,26H,4H2,1-3H3,(H2,22,23,28). The zero-order valence-corrected chi connectivity index (χ0v) is 17.5. The van der Waals surface area contributed by atoms with Crippen molar-refractivity contribution in [1.29, 1.82) is 0 Å². The normalized spacial score (nSPS) is 10.5. The average Bonchev–Trinajstić information content (AvgIpc) is 3.12. The van der Waals surface area contributed by atoms with Crippen LogP contribution in [0.1, 0.15) is 18.9 Å². The van der Waals surface area contributed by atoms with E-state index in [-0.39, 0.29) is 22.9 Å². The predicted molar refractivity (Wildman–Crippen MR) is 116 cm³/mol. The van der Waals surface area contributed by atoms with Crippen molar-refractivity contribution in [2.24, 2.45) is 7.05 Å². The van der Waals surface area contributed by atoms with Gasteiger partial charge in [0.05, 0.1) is 0 Å². The van der Waals surface area contributed by atoms with Gasteiger partial charge in [-0.15, -0.1) is 11.3 Å². The van der Waals surface area contributed by atoms with E-state index in [9.17, 15) is 19.5 Å². The van der Waals surface area contributed by atoms with Gasteiger partial charge < -0.3 is 19.7 Å². The molecule has 0 aliphatic heterocycles. The third-order valence-corrected chi connectivity index (χ3v) is 5.20. The van der Waals surface area contributed by atoms with Gasteiger partial charge in [0.2, 0.25) is 5.06 Å². The second kappa shape index (κ2) is 8.83. The number of amides is 2. The number of esters is 1. The van der Waals surface area contributed by atoms with E-state index in [0.717, 1.165) is 5.56 Å². The van der Waals surface area contributed by atoms with Gasteiger partial charge in [-0.1, -0.05) is 37.3 Å². The van der Waals surface area contributed by atoms with E-state index in [4.69, 9.17) is 4.74 Å². The van der Waals surface area contributed by atoms with E-state index in [1.54, 1.807) is 19.2 Å². The van der Waals surface area contributed by atoms with E-state index in [0.29, 0.717) is 16.8 Å². The number of carbonyl (C=O) groups excluding carboxylic acids is 2. The number of pyridine rings is 1. The van der Waals surface area contributed by atoms with Gasteiger partial charge in [-0.2, -0.15) is 0 Å². The zero-order valence-electron chi connectivity index (χ0n) is 16.7. The number of carbonyl (C=O) groups is 2. The summed E-state index contributed by atoms with van der Waals surface area (Å²) in [6, 6.07) is 8.53. The van der Waals surface area contributed by atoms with Crippen LogP contribution in [0.5, 0.6) is 10.8 Å². The lowest BCUT2D eigenvalue weighted by atomic mass is 10.1. The van der Waals surface area contributed by atoms with Crippen LogP contribution in [0.25, 0.3) is 11.1 Å². The molecule has 0 spiro atoms. The predicted octanol–water partition coefficient (Wildman–Crippen LogP) is 4.09.